The lowest BCUT2D eigenvalue weighted by Gasteiger charge is -2.14. The first-order valence-corrected chi connectivity index (χ1v) is 11.5. The van der Waals surface area contributed by atoms with Gasteiger partial charge in [-0.05, 0) is 79.9 Å². The van der Waals surface area contributed by atoms with Gasteiger partial charge in [0.1, 0.15) is 18.1 Å². The summed E-state index contributed by atoms with van der Waals surface area (Å²) in [5.41, 5.74) is 3.31. The molecule has 3 aromatic rings. The number of hydrogen-bond donors (Lipinski definition) is 1. The van der Waals surface area contributed by atoms with Crippen molar-refractivity contribution >= 4 is 17.5 Å². The zero-order valence-electron chi connectivity index (χ0n) is 19.9. The summed E-state index contributed by atoms with van der Waals surface area (Å²) in [6.07, 6.45) is 0.662. The Morgan fingerprint density at radius 3 is 2.38 bits per heavy atom. The van der Waals surface area contributed by atoms with Crippen LogP contribution >= 0.6 is 11.6 Å². The number of carbonyl (C=O) groups is 1. The number of carbonyl (C=O) groups excluding carboxylic acids is 1. The van der Waals surface area contributed by atoms with Crippen molar-refractivity contribution in [3.8, 4) is 23.0 Å². The van der Waals surface area contributed by atoms with E-state index in [1.807, 2.05) is 44.2 Å². The van der Waals surface area contributed by atoms with Crippen LogP contribution in [-0.4, -0.2) is 33.3 Å². The number of aryl methyl sites for hydroxylation is 1. The van der Waals surface area contributed by atoms with Gasteiger partial charge in [0.15, 0.2) is 11.5 Å². The second-order valence-electron chi connectivity index (χ2n) is 7.65. The SMILES string of the molecule is CCOc1ccc(C(=O)NCCc2ccc(OC)c(OC)c2)cc1COc1ccc(Cl)c(C)c1. The molecule has 0 radical (unpaired) electrons. The van der Waals surface area contributed by atoms with E-state index >= 15 is 0 Å². The van der Waals surface area contributed by atoms with E-state index in [9.17, 15) is 4.79 Å². The second kappa shape index (κ2) is 12.2. The third-order valence-electron chi connectivity index (χ3n) is 5.29. The molecule has 0 saturated heterocycles. The molecule has 6 nitrogen and oxygen atoms in total. The Kier molecular flexibility index (Phi) is 9.05. The highest BCUT2D eigenvalue weighted by molar-refractivity contribution is 6.31. The summed E-state index contributed by atoms with van der Waals surface area (Å²) in [6, 6.07) is 16.6. The molecule has 0 atom stereocenters. The van der Waals surface area contributed by atoms with Gasteiger partial charge in [-0.1, -0.05) is 17.7 Å². The number of rotatable bonds is 11. The molecule has 180 valence electrons. The van der Waals surface area contributed by atoms with Crippen molar-refractivity contribution in [1.29, 1.82) is 0 Å². The summed E-state index contributed by atoms with van der Waals surface area (Å²) in [4.78, 5) is 12.8. The monoisotopic (exact) mass is 483 g/mol. The summed E-state index contributed by atoms with van der Waals surface area (Å²) in [5.74, 6) is 2.57. The molecular formula is C27H30ClNO5. The molecule has 7 heteroatoms. The Morgan fingerprint density at radius 1 is 0.912 bits per heavy atom. The molecule has 0 heterocycles. The van der Waals surface area contributed by atoms with Crippen LogP contribution in [0.15, 0.2) is 54.6 Å². The molecule has 34 heavy (non-hydrogen) atoms. The van der Waals surface area contributed by atoms with Crippen molar-refractivity contribution < 1.29 is 23.7 Å². The fourth-order valence-electron chi connectivity index (χ4n) is 3.46. The summed E-state index contributed by atoms with van der Waals surface area (Å²) in [6.45, 7) is 5.11. The van der Waals surface area contributed by atoms with Crippen LogP contribution in [0.4, 0.5) is 0 Å². The zero-order chi connectivity index (χ0) is 24.5. The molecule has 0 aliphatic heterocycles. The number of nitrogens with one attached hydrogen (secondary N) is 1. The number of benzene rings is 3. The lowest BCUT2D eigenvalue weighted by atomic mass is 10.1. The number of halogens is 1. The Balaban J connectivity index is 1.65. The van der Waals surface area contributed by atoms with E-state index in [0.29, 0.717) is 53.2 Å². The van der Waals surface area contributed by atoms with Gasteiger partial charge in [0.25, 0.3) is 5.91 Å². The van der Waals surface area contributed by atoms with Crippen molar-refractivity contribution in [2.45, 2.75) is 26.9 Å². The standard InChI is InChI=1S/C27H30ClNO5/c1-5-33-24-11-7-20(16-21(24)17-34-22-8-9-23(28)18(2)14-22)27(30)29-13-12-19-6-10-25(31-3)26(15-19)32-4/h6-11,14-16H,5,12-13,17H2,1-4H3,(H,29,30). The summed E-state index contributed by atoms with van der Waals surface area (Å²) in [5, 5.41) is 3.66. The van der Waals surface area contributed by atoms with Gasteiger partial charge in [0.05, 0.1) is 20.8 Å². The minimum Gasteiger partial charge on any atom is -0.493 e. The maximum atomic E-state index is 12.8. The molecule has 0 saturated carbocycles. The van der Waals surface area contributed by atoms with Crippen LogP contribution in [0, 0.1) is 6.92 Å². The van der Waals surface area contributed by atoms with Crippen molar-refractivity contribution in [2.75, 3.05) is 27.4 Å². The molecule has 0 aromatic heterocycles. The lowest BCUT2D eigenvalue weighted by molar-refractivity contribution is 0.0954. The van der Waals surface area contributed by atoms with E-state index < -0.39 is 0 Å². The van der Waals surface area contributed by atoms with Crippen molar-refractivity contribution in [3.63, 3.8) is 0 Å². The fraction of sp³-hybridized carbons (Fsp3) is 0.296. The summed E-state index contributed by atoms with van der Waals surface area (Å²) >= 11 is 6.10. The predicted molar refractivity (Wildman–Crippen MR) is 134 cm³/mol. The van der Waals surface area contributed by atoms with Gasteiger partial charge in [-0.15, -0.1) is 0 Å². The molecule has 0 bridgehead atoms. The average molecular weight is 484 g/mol. The molecule has 0 fully saturated rings. The molecule has 1 N–H and O–H groups in total. The lowest BCUT2D eigenvalue weighted by Crippen LogP contribution is -2.25. The normalized spacial score (nSPS) is 10.5. The Labute approximate surface area is 205 Å². The van der Waals surface area contributed by atoms with Crippen LogP contribution in [0.1, 0.15) is 34.0 Å². The van der Waals surface area contributed by atoms with Crippen LogP contribution in [0.25, 0.3) is 0 Å². The molecule has 1 amide bonds. The third kappa shape index (κ3) is 6.58. The molecule has 3 rings (SSSR count). The number of methoxy groups -OCH3 is 2. The van der Waals surface area contributed by atoms with E-state index in [1.165, 1.54) is 0 Å². The number of hydrogen-bond acceptors (Lipinski definition) is 5. The maximum Gasteiger partial charge on any atom is 0.251 e. The number of amides is 1. The van der Waals surface area contributed by atoms with Crippen molar-refractivity contribution in [3.05, 3.63) is 81.9 Å². The van der Waals surface area contributed by atoms with Gasteiger partial charge in [0, 0.05) is 22.7 Å². The van der Waals surface area contributed by atoms with Gasteiger partial charge < -0.3 is 24.3 Å². The van der Waals surface area contributed by atoms with Crippen LogP contribution in [0.2, 0.25) is 5.02 Å². The fourth-order valence-corrected chi connectivity index (χ4v) is 3.57. The average Bonchev–Trinajstić information content (AvgIpc) is 2.85. The molecular weight excluding hydrogens is 454 g/mol. The topological polar surface area (TPSA) is 66.0 Å². The highest BCUT2D eigenvalue weighted by Crippen LogP contribution is 2.28. The maximum absolute atomic E-state index is 12.8. The van der Waals surface area contributed by atoms with Crippen molar-refractivity contribution in [1.82, 2.24) is 5.32 Å². The molecule has 0 aliphatic carbocycles. The quantitative estimate of drug-likeness (QED) is 0.383. The zero-order valence-corrected chi connectivity index (χ0v) is 20.7. The molecule has 0 aliphatic rings. The molecule has 0 spiro atoms. The van der Waals surface area contributed by atoms with Gasteiger partial charge in [-0.25, -0.2) is 0 Å². The van der Waals surface area contributed by atoms with E-state index in [1.54, 1.807) is 38.5 Å². The highest BCUT2D eigenvalue weighted by atomic mass is 35.5. The van der Waals surface area contributed by atoms with Crippen LogP contribution in [-0.2, 0) is 13.0 Å². The Morgan fingerprint density at radius 2 is 1.68 bits per heavy atom. The van der Waals surface area contributed by atoms with E-state index in [0.717, 1.165) is 16.7 Å². The van der Waals surface area contributed by atoms with E-state index in [-0.39, 0.29) is 12.5 Å². The van der Waals surface area contributed by atoms with Crippen LogP contribution < -0.4 is 24.3 Å². The summed E-state index contributed by atoms with van der Waals surface area (Å²) < 4.78 is 22.3. The Hall–Kier alpha value is -3.38. The third-order valence-corrected chi connectivity index (χ3v) is 5.72. The summed E-state index contributed by atoms with van der Waals surface area (Å²) in [7, 11) is 3.20. The highest BCUT2D eigenvalue weighted by Gasteiger charge is 2.12. The molecule has 0 unspecified atom stereocenters. The van der Waals surface area contributed by atoms with Crippen LogP contribution in [0.5, 0.6) is 23.0 Å². The van der Waals surface area contributed by atoms with Gasteiger partial charge in [-0.3, -0.25) is 4.79 Å². The predicted octanol–water partition coefficient (Wildman–Crippen LogP) is 5.62. The van der Waals surface area contributed by atoms with Gasteiger partial charge in [-0.2, -0.15) is 0 Å². The molecule has 3 aromatic carbocycles. The minimum atomic E-state index is -0.160. The second-order valence-corrected chi connectivity index (χ2v) is 8.06. The van der Waals surface area contributed by atoms with Gasteiger partial charge in [0.2, 0.25) is 0 Å². The first kappa shape index (κ1) is 25.2. The first-order chi connectivity index (χ1) is 16.4. The van der Waals surface area contributed by atoms with Gasteiger partial charge >= 0.3 is 0 Å². The van der Waals surface area contributed by atoms with E-state index in [4.69, 9.17) is 30.5 Å². The van der Waals surface area contributed by atoms with Crippen LogP contribution in [0.3, 0.4) is 0 Å². The van der Waals surface area contributed by atoms with Crippen molar-refractivity contribution in [2.24, 2.45) is 0 Å². The minimum absolute atomic E-state index is 0.160. The first-order valence-electron chi connectivity index (χ1n) is 11.1. The Bertz CT molecular complexity index is 1130. The smallest absolute Gasteiger partial charge is 0.251 e. The van der Waals surface area contributed by atoms with E-state index in [2.05, 4.69) is 5.32 Å². The largest absolute Gasteiger partial charge is 0.493 e. The number of ether oxygens (including phenoxy) is 4.